The van der Waals surface area contributed by atoms with Gasteiger partial charge in [0.05, 0.1) is 12.2 Å². The number of nitrogens with zero attached hydrogens (tertiary/aromatic N) is 1. The molecule has 0 aliphatic carbocycles. The Morgan fingerprint density at radius 2 is 1.86 bits per heavy atom. The predicted molar refractivity (Wildman–Crippen MR) is 111 cm³/mol. The number of hydrogen-bond acceptors (Lipinski definition) is 6. The third-order valence-electron chi connectivity index (χ3n) is 4.20. The van der Waals surface area contributed by atoms with Gasteiger partial charge < -0.3 is 15.2 Å². The van der Waals surface area contributed by atoms with Gasteiger partial charge in [-0.15, -0.1) is 0 Å². The second-order valence-corrected chi connectivity index (χ2v) is 6.69. The van der Waals surface area contributed by atoms with Gasteiger partial charge in [0, 0.05) is 22.5 Å². The Labute approximate surface area is 173 Å². The van der Waals surface area contributed by atoms with E-state index < -0.39 is 11.8 Å². The molecular weight excluding hydrogens is 392 g/mol. The van der Waals surface area contributed by atoms with Crippen molar-refractivity contribution in [2.75, 3.05) is 11.9 Å². The number of phenols is 1. The standard InChI is InChI=1S/C22H19ClN2O4/c1-3-29-22(28)17-10-14(12-24-21(17)25-15-7-5-4-6-8-15)20(27)16-11-18(23)13(2)9-19(16)26/h4-12,26H,3H2,1-2H3,(H,24,25). The van der Waals surface area contributed by atoms with E-state index in [0.29, 0.717) is 10.6 Å². The molecule has 0 aliphatic heterocycles. The minimum absolute atomic E-state index is 0.0287. The van der Waals surface area contributed by atoms with E-state index >= 15 is 0 Å². The van der Waals surface area contributed by atoms with Gasteiger partial charge in [0.15, 0.2) is 5.78 Å². The van der Waals surface area contributed by atoms with E-state index in [-0.39, 0.29) is 34.9 Å². The Kier molecular flexibility index (Phi) is 6.14. The monoisotopic (exact) mass is 410 g/mol. The summed E-state index contributed by atoms with van der Waals surface area (Å²) in [4.78, 5) is 29.6. The molecular formula is C22H19ClN2O4. The van der Waals surface area contributed by atoms with Crippen LogP contribution in [0.25, 0.3) is 0 Å². The van der Waals surface area contributed by atoms with Gasteiger partial charge in [-0.1, -0.05) is 29.8 Å². The van der Waals surface area contributed by atoms with Gasteiger partial charge in [-0.2, -0.15) is 0 Å². The van der Waals surface area contributed by atoms with Gasteiger partial charge in [0.25, 0.3) is 0 Å². The van der Waals surface area contributed by atoms with E-state index in [0.717, 1.165) is 5.69 Å². The normalized spacial score (nSPS) is 10.4. The second-order valence-electron chi connectivity index (χ2n) is 6.28. The van der Waals surface area contributed by atoms with Crippen LogP contribution in [0, 0.1) is 6.92 Å². The van der Waals surface area contributed by atoms with E-state index in [1.165, 1.54) is 24.4 Å². The van der Waals surface area contributed by atoms with Crippen LogP contribution in [-0.4, -0.2) is 28.4 Å². The maximum absolute atomic E-state index is 12.9. The van der Waals surface area contributed by atoms with Crippen molar-refractivity contribution < 1.29 is 19.4 Å². The summed E-state index contributed by atoms with van der Waals surface area (Å²) in [6.45, 7) is 3.59. The molecule has 0 saturated heterocycles. The highest BCUT2D eigenvalue weighted by Crippen LogP contribution is 2.29. The van der Waals surface area contributed by atoms with E-state index in [1.807, 2.05) is 30.3 Å². The van der Waals surface area contributed by atoms with E-state index in [4.69, 9.17) is 16.3 Å². The van der Waals surface area contributed by atoms with E-state index in [1.54, 1.807) is 13.8 Å². The van der Waals surface area contributed by atoms with Gasteiger partial charge in [0.1, 0.15) is 17.1 Å². The maximum Gasteiger partial charge on any atom is 0.341 e. The summed E-state index contributed by atoms with van der Waals surface area (Å²) in [5.74, 6) is -1.05. The van der Waals surface area contributed by atoms with Crippen molar-refractivity contribution in [3.63, 3.8) is 0 Å². The molecule has 3 rings (SSSR count). The highest BCUT2D eigenvalue weighted by Gasteiger charge is 2.21. The van der Waals surface area contributed by atoms with Crippen molar-refractivity contribution >= 4 is 34.9 Å². The van der Waals surface area contributed by atoms with Gasteiger partial charge in [-0.3, -0.25) is 4.79 Å². The number of halogens is 1. The first kappa shape index (κ1) is 20.4. The number of aryl methyl sites for hydroxylation is 1. The number of rotatable bonds is 6. The van der Waals surface area contributed by atoms with Gasteiger partial charge >= 0.3 is 5.97 Å². The molecule has 0 aliphatic rings. The number of carbonyl (C=O) groups is 2. The molecule has 1 heterocycles. The Hall–Kier alpha value is -3.38. The summed E-state index contributed by atoms with van der Waals surface area (Å²) in [6.07, 6.45) is 1.34. The van der Waals surface area contributed by atoms with Crippen LogP contribution in [0.3, 0.4) is 0 Å². The fraction of sp³-hybridized carbons (Fsp3) is 0.136. The number of benzene rings is 2. The lowest BCUT2D eigenvalue weighted by Gasteiger charge is -2.12. The highest BCUT2D eigenvalue weighted by molar-refractivity contribution is 6.32. The van der Waals surface area contributed by atoms with Crippen molar-refractivity contribution in [3.8, 4) is 5.75 Å². The Balaban J connectivity index is 2.02. The molecule has 0 atom stereocenters. The van der Waals surface area contributed by atoms with Crippen LogP contribution in [0.4, 0.5) is 11.5 Å². The lowest BCUT2D eigenvalue weighted by molar-refractivity contribution is 0.0527. The molecule has 6 nitrogen and oxygen atoms in total. The summed E-state index contributed by atoms with van der Waals surface area (Å²) >= 11 is 6.09. The molecule has 2 aromatic carbocycles. The largest absolute Gasteiger partial charge is 0.507 e. The highest BCUT2D eigenvalue weighted by atomic mass is 35.5. The van der Waals surface area contributed by atoms with Crippen LogP contribution in [0.15, 0.2) is 54.7 Å². The zero-order valence-corrected chi connectivity index (χ0v) is 16.7. The summed E-state index contributed by atoms with van der Waals surface area (Å²) in [5, 5.41) is 13.6. The number of carbonyl (C=O) groups excluding carboxylic acids is 2. The summed E-state index contributed by atoms with van der Waals surface area (Å²) in [5.41, 5.74) is 1.64. The third-order valence-corrected chi connectivity index (χ3v) is 4.61. The van der Waals surface area contributed by atoms with Gasteiger partial charge in [-0.25, -0.2) is 9.78 Å². The van der Waals surface area contributed by atoms with Crippen molar-refractivity contribution in [2.45, 2.75) is 13.8 Å². The molecule has 0 amide bonds. The zero-order valence-electron chi connectivity index (χ0n) is 15.9. The number of phenolic OH excluding ortho intramolecular Hbond substituents is 1. The number of anilines is 2. The molecule has 0 fully saturated rings. The van der Waals surface area contributed by atoms with Crippen LogP contribution in [-0.2, 0) is 4.74 Å². The summed E-state index contributed by atoms with van der Waals surface area (Å²) < 4.78 is 5.10. The van der Waals surface area contributed by atoms with Gasteiger partial charge in [-0.05, 0) is 49.7 Å². The average Bonchev–Trinajstić information content (AvgIpc) is 2.71. The number of pyridine rings is 1. The predicted octanol–water partition coefficient (Wildman–Crippen LogP) is 4.90. The molecule has 1 aromatic heterocycles. The molecule has 0 unspecified atom stereocenters. The molecule has 0 spiro atoms. The topological polar surface area (TPSA) is 88.5 Å². The van der Waals surface area contributed by atoms with E-state index in [9.17, 15) is 14.7 Å². The first-order chi connectivity index (χ1) is 13.9. The summed E-state index contributed by atoms with van der Waals surface area (Å²) in [7, 11) is 0. The maximum atomic E-state index is 12.9. The zero-order chi connectivity index (χ0) is 21.0. The molecule has 3 aromatic rings. The lowest BCUT2D eigenvalue weighted by atomic mass is 10.0. The number of aromatic hydroxyl groups is 1. The molecule has 29 heavy (non-hydrogen) atoms. The number of esters is 1. The molecule has 0 radical (unpaired) electrons. The Morgan fingerprint density at radius 1 is 1.14 bits per heavy atom. The Bertz CT molecular complexity index is 1070. The lowest BCUT2D eigenvalue weighted by Crippen LogP contribution is -2.12. The fourth-order valence-electron chi connectivity index (χ4n) is 2.71. The molecule has 148 valence electrons. The Morgan fingerprint density at radius 3 is 2.55 bits per heavy atom. The molecule has 0 bridgehead atoms. The van der Waals surface area contributed by atoms with Crippen LogP contribution < -0.4 is 5.32 Å². The fourth-order valence-corrected chi connectivity index (χ4v) is 2.88. The number of para-hydroxylation sites is 1. The van der Waals surface area contributed by atoms with Crippen molar-refractivity contribution in [1.29, 1.82) is 0 Å². The van der Waals surface area contributed by atoms with Crippen LogP contribution in [0.5, 0.6) is 5.75 Å². The first-order valence-corrected chi connectivity index (χ1v) is 9.31. The van der Waals surface area contributed by atoms with Gasteiger partial charge in [0.2, 0.25) is 0 Å². The van der Waals surface area contributed by atoms with Crippen LogP contribution >= 0.6 is 11.6 Å². The van der Waals surface area contributed by atoms with Crippen molar-refractivity contribution in [2.24, 2.45) is 0 Å². The summed E-state index contributed by atoms with van der Waals surface area (Å²) in [6, 6.07) is 13.4. The van der Waals surface area contributed by atoms with Crippen LogP contribution in [0.1, 0.15) is 38.8 Å². The van der Waals surface area contributed by atoms with E-state index in [2.05, 4.69) is 10.3 Å². The van der Waals surface area contributed by atoms with Crippen LogP contribution in [0.2, 0.25) is 5.02 Å². The third kappa shape index (κ3) is 4.55. The number of nitrogens with one attached hydrogen (secondary N) is 1. The number of ketones is 1. The average molecular weight is 411 g/mol. The number of aromatic nitrogens is 1. The minimum atomic E-state index is -0.612. The smallest absolute Gasteiger partial charge is 0.341 e. The van der Waals surface area contributed by atoms with Crippen molar-refractivity contribution in [3.05, 3.63) is 82.0 Å². The minimum Gasteiger partial charge on any atom is -0.507 e. The quantitative estimate of drug-likeness (QED) is 0.444. The van der Waals surface area contributed by atoms with Crippen molar-refractivity contribution in [1.82, 2.24) is 4.98 Å². The second kappa shape index (κ2) is 8.75. The SMILES string of the molecule is CCOC(=O)c1cc(C(=O)c2cc(Cl)c(C)cc2O)cnc1Nc1ccccc1. The number of ether oxygens (including phenoxy) is 1. The molecule has 2 N–H and O–H groups in total. The molecule has 0 saturated carbocycles. The first-order valence-electron chi connectivity index (χ1n) is 8.93. The molecule has 7 heteroatoms. The number of hydrogen-bond donors (Lipinski definition) is 2.